The largest absolute Gasteiger partial charge is 0.494 e. The lowest BCUT2D eigenvalue weighted by Gasteiger charge is -2.27. The van der Waals surface area contributed by atoms with E-state index in [-0.39, 0.29) is 35.1 Å². The SMILES string of the molecule is COc1cc(S(=O)(=O)N2C3CCNCC2CC3)ccc1F.Cl. The van der Waals surface area contributed by atoms with Gasteiger partial charge in [0, 0.05) is 24.7 Å². The predicted octanol–water partition coefficient (Wildman–Crippen LogP) is 1.77. The molecule has 2 fully saturated rings. The molecule has 2 atom stereocenters. The van der Waals surface area contributed by atoms with E-state index in [4.69, 9.17) is 4.74 Å². The minimum Gasteiger partial charge on any atom is -0.494 e. The van der Waals surface area contributed by atoms with Crippen LogP contribution in [-0.2, 0) is 10.0 Å². The Kier molecular flexibility index (Phi) is 5.32. The lowest BCUT2D eigenvalue weighted by Crippen LogP contribution is -2.42. The van der Waals surface area contributed by atoms with Crippen LogP contribution in [-0.4, -0.2) is 45.0 Å². The van der Waals surface area contributed by atoms with Crippen LogP contribution in [0.2, 0.25) is 0 Å². The molecule has 0 saturated carbocycles. The van der Waals surface area contributed by atoms with Gasteiger partial charge in [0.05, 0.1) is 12.0 Å². The van der Waals surface area contributed by atoms with Crippen molar-refractivity contribution in [3.8, 4) is 5.75 Å². The van der Waals surface area contributed by atoms with E-state index in [0.717, 1.165) is 31.9 Å². The molecule has 1 aromatic rings. The minimum absolute atomic E-state index is 0. The summed E-state index contributed by atoms with van der Waals surface area (Å²) in [6, 6.07) is 3.74. The summed E-state index contributed by atoms with van der Waals surface area (Å²) in [7, 11) is -2.30. The number of ether oxygens (including phenoxy) is 1. The van der Waals surface area contributed by atoms with E-state index in [9.17, 15) is 12.8 Å². The Bertz CT molecular complexity index is 627. The molecule has 8 heteroatoms. The van der Waals surface area contributed by atoms with E-state index in [1.165, 1.54) is 19.2 Å². The third-order valence-electron chi connectivity index (χ3n) is 4.29. The van der Waals surface area contributed by atoms with Crippen molar-refractivity contribution in [1.29, 1.82) is 0 Å². The van der Waals surface area contributed by atoms with Gasteiger partial charge in [-0.2, -0.15) is 4.31 Å². The second-order valence-electron chi connectivity index (χ2n) is 5.51. The zero-order valence-electron chi connectivity index (χ0n) is 12.3. The van der Waals surface area contributed by atoms with Crippen LogP contribution >= 0.6 is 12.4 Å². The number of hydrogen-bond donors (Lipinski definition) is 1. The highest BCUT2D eigenvalue weighted by Gasteiger charge is 2.43. The van der Waals surface area contributed by atoms with Gasteiger partial charge >= 0.3 is 0 Å². The molecule has 2 aliphatic heterocycles. The molecule has 22 heavy (non-hydrogen) atoms. The normalized spacial score (nSPS) is 25.4. The van der Waals surface area contributed by atoms with Crippen LogP contribution in [0.3, 0.4) is 0 Å². The highest BCUT2D eigenvalue weighted by molar-refractivity contribution is 7.89. The number of nitrogens with one attached hydrogen (secondary N) is 1. The molecule has 0 radical (unpaired) electrons. The number of methoxy groups -OCH3 is 1. The van der Waals surface area contributed by atoms with E-state index < -0.39 is 15.8 Å². The number of halogens is 2. The van der Waals surface area contributed by atoms with Crippen LogP contribution in [0, 0.1) is 5.82 Å². The zero-order valence-corrected chi connectivity index (χ0v) is 13.9. The van der Waals surface area contributed by atoms with E-state index in [0.29, 0.717) is 6.54 Å². The zero-order chi connectivity index (χ0) is 15.0. The van der Waals surface area contributed by atoms with Crippen molar-refractivity contribution in [2.45, 2.75) is 36.2 Å². The molecule has 124 valence electrons. The first-order valence-corrected chi connectivity index (χ1v) is 8.56. The quantitative estimate of drug-likeness (QED) is 0.902. The number of nitrogens with zero attached hydrogens (tertiary/aromatic N) is 1. The molecule has 2 unspecified atom stereocenters. The lowest BCUT2D eigenvalue weighted by atomic mass is 10.1. The molecule has 1 N–H and O–H groups in total. The Morgan fingerprint density at radius 3 is 2.73 bits per heavy atom. The fraction of sp³-hybridized carbons (Fsp3) is 0.571. The molecule has 0 amide bonds. The van der Waals surface area contributed by atoms with E-state index >= 15 is 0 Å². The van der Waals surface area contributed by atoms with Crippen LogP contribution in [0.15, 0.2) is 23.1 Å². The Labute approximate surface area is 136 Å². The summed E-state index contributed by atoms with van der Waals surface area (Å²) in [5, 5.41) is 3.27. The van der Waals surface area contributed by atoms with Gasteiger partial charge in [-0.1, -0.05) is 0 Å². The minimum atomic E-state index is -3.62. The summed E-state index contributed by atoms with van der Waals surface area (Å²) in [4.78, 5) is 0.0968. The second kappa shape index (κ2) is 6.70. The smallest absolute Gasteiger partial charge is 0.243 e. The average molecular weight is 351 g/mol. The molecule has 5 nitrogen and oxygen atoms in total. The van der Waals surface area contributed by atoms with Gasteiger partial charge in [0.15, 0.2) is 11.6 Å². The maximum absolute atomic E-state index is 13.5. The standard InChI is InChI=1S/C14H19FN2O3S.ClH/c1-20-14-8-12(4-5-13(14)15)21(18,19)17-10-2-3-11(17)9-16-7-6-10;/h4-5,8,10-11,16H,2-3,6-7,9H2,1H3;1H. The Morgan fingerprint density at radius 1 is 1.27 bits per heavy atom. The second-order valence-corrected chi connectivity index (χ2v) is 7.35. The van der Waals surface area contributed by atoms with Crippen molar-refractivity contribution >= 4 is 22.4 Å². The number of sulfonamides is 1. The number of benzene rings is 1. The average Bonchev–Trinajstić information content (AvgIpc) is 2.73. The molecule has 2 bridgehead atoms. The van der Waals surface area contributed by atoms with Crippen molar-refractivity contribution in [3.63, 3.8) is 0 Å². The third-order valence-corrected chi connectivity index (χ3v) is 6.29. The van der Waals surface area contributed by atoms with E-state index in [2.05, 4.69) is 5.32 Å². The summed E-state index contributed by atoms with van der Waals surface area (Å²) in [5.74, 6) is -0.603. The number of rotatable bonds is 3. The Hall–Kier alpha value is -0.890. The molecule has 0 spiro atoms. The molecule has 1 aromatic carbocycles. The van der Waals surface area contributed by atoms with Crippen LogP contribution in [0.4, 0.5) is 4.39 Å². The van der Waals surface area contributed by atoms with Crippen LogP contribution in [0.25, 0.3) is 0 Å². The highest BCUT2D eigenvalue weighted by Crippen LogP contribution is 2.34. The summed E-state index contributed by atoms with van der Waals surface area (Å²) >= 11 is 0. The fourth-order valence-corrected chi connectivity index (χ4v) is 5.17. The lowest BCUT2D eigenvalue weighted by molar-refractivity contribution is 0.334. The number of hydrogen-bond acceptors (Lipinski definition) is 4. The highest BCUT2D eigenvalue weighted by atomic mass is 35.5. The monoisotopic (exact) mass is 350 g/mol. The first-order valence-electron chi connectivity index (χ1n) is 7.12. The van der Waals surface area contributed by atoms with Crippen molar-refractivity contribution in [3.05, 3.63) is 24.0 Å². The fourth-order valence-electron chi connectivity index (χ4n) is 3.25. The van der Waals surface area contributed by atoms with Gasteiger partial charge in [0.25, 0.3) is 0 Å². The molecule has 3 rings (SSSR count). The summed E-state index contributed by atoms with van der Waals surface area (Å²) in [5.41, 5.74) is 0. The van der Waals surface area contributed by atoms with Gasteiger partial charge in [-0.05, 0) is 37.9 Å². The van der Waals surface area contributed by atoms with Gasteiger partial charge in [-0.15, -0.1) is 12.4 Å². The van der Waals surface area contributed by atoms with Gasteiger partial charge in [-0.3, -0.25) is 0 Å². The maximum Gasteiger partial charge on any atom is 0.243 e. The van der Waals surface area contributed by atoms with E-state index in [1.807, 2.05) is 0 Å². The predicted molar refractivity (Wildman–Crippen MR) is 83.5 cm³/mol. The molecular formula is C14H20ClFN2O3S. The third kappa shape index (κ3) is 2.95. The molecule has 2 saturated heterocycles. The van der Waals surface area contributed by atoms with Crippen molar-refractivity contribution < 1.29 is 17.5 Å². The topological polar surface area (TPSA) is 58.6 Å². The molecule has 0 aliphatic carbocycles. The van der Waals surface area contributed by atoms with Crippen molar-refractivity contribution in [2.75, 3.05) is 20.2 Å². The molecular weight excluding hydrogens is 331 g/mol. The molecule has 0 aromatic heterocycles. The first kappa shape index (κ1) is 17.5. The van der Waals surface area contributed by atoms with Gasteiger partial charge in [0.2, 0.25) is 10.0 Å². The Morgan fingerprint density at radius 2 is 2.00 bits per heavy atom. The van der Waals surface area contributed by atoms with Crippen molar-refractivity contribution in [1.82, 2.24) is 9.62 Å². The first-order chi connectivity index (χ1) is 10.0. The number of fused-ring (bicyclic) bond motifs is 2. The Balaban J connectivity index is 0.00000176. The van der Waals surface area contributed by atoms with Crippen LogP contribution < -0.4 is 10.1 Å². The summed E-state index contributed by atoms with van der Waals surface area (Å²) in [6.45, 7) is 1.51. The summed E-state index contributed by atoms with van der Waals surface area (Å²) in [6.07, 6.45) is 2.58. The van der Waals surface area contributed by atoms with Crippen molar-refractivity contribution in [2.24, 2.45) is 0 Å². The van der Waals surface area contributed by atoms with Crippen LogP contribution in [0.1, 0.15) is 19.3 Å². The van der Waals surface area contributed by atoms with Crippen LogP contribution in [0.5, 0.6) is 5.75 Å². The van der Waals surface area contributed by atoms with Gasteiger partial charge in [0.1, 0.15) is 0 Å². The maximum atomic E-state index is 13.5. The van der Waals surface area contributed by atoms with E-state index in [1.54, 1.807) is 4.31 Å². The summed E-state index contributed by atoms with van der Waals surface area (Å²) < 4.78 is 45.8. The molecule has 2 heterocycles. The van der Waals surface area contributed by atoms with Gasteiger partial charge in [-0.25, -0.2) is 12.8 Å². The molecule has 2 aliphatic rings. The van der Waals surface area contributed by atoms with Gasteiger partial charge < -0.3 is 10.1 Å².